The van der Waals surface area contributed by atoms with Crippen LogP contribution in [0.2, 0.25) is 0 Å². The molecule has 41 heteroatoms. The van der Waals surface area contributed by atoms with E-state index in [0.29, 0.717) is 0 Å². The van der Waals surface area contributed by atoms with Gasteiger partial charge >= 0.3 is 0 Å². The van der Waals surface area contributed by atoms with Gasteiger partial charge in [-0.15, -0.1) is 0 Å². The van der Waals surface area contributed by atoms with Gasteiger partial charge < -0.3 is 79.8 Å². The lowest BCUT2D eigenvalue weighted by atomic mass is 10.1. The molecule has 0 radical (unpaired) electrons. The average molecular weight is 990 g/mol. The van der Waals surface area contributed by atoms with E-state index in [1.54, 1.807) is 0 Å². The Kier molecular flexibility index (Phi) is 13.6. The van der Waals surface area contributed by atoms with Crippen LogP contribution in [0.25, 0.3) is 22.3 Å². The van der Waals surface area contributed by atoms with Crippen molar-refractivity contribution >= 4 is 80.9 Å². The Balaban J connectivity index is 0.991. The van der Waals surface area contributed by atoms with E-state index in [0.717, 1.165) is 34.4 Å². The Bertz CT molecular complexity index is 2410. The number of aromatic nitrogens is 8. The molecular weight excluding hydrogens is 966 g/mol. The molecule has 2 aliphatic heterocycles. The Labute approximate surface area is 336 Å². The second-order valence-electron chi connectivity index (χ2n) is 11.9. The predicted octanol–water partition coefficient (Wildman–Crippen LogP) is -6.00. The molecule has 0 amide bonds. The minimum Gasteiger partial charge on any atom is -0.756 e. The van der Waals surface area contributed by atoms with E-state index in [1.165, 1.54) is 0 Å². The predicted molar refractivity (Wildman–Crippen MR) is 174 cm³/mol. The van der Waals surface area contributed by atoms with Crippen LogP contribution in [-0.2, 0) is 67.5 Å². The number of nitrogen functional groups attached to an aromatic ring is 2. The van der Waals surface area contributed by atoms with E-state index < -0.39 is 109 Å². The zero-order chi connectivity index (χ0) is 45.1. The van der Waals surface area contributed by atoms with Crippen LogP contribution in [0, 0.1) is 0 Å². The highest BCUT2D eigenvalue weighted by atomic mass is 31.3. The lowest BCUT2D eigenvalue weighted by Crippen LogP contribution is -2.34. The smallest absolute Gasteiger partial charge is 0.280 e. The zero-order valence-corrected chi connectivity index (χ0v) is 34.5. The van der Waals surface area contributed by atoms with Gasteiger partial charge in [-0.3, -0.25) is 36.5 Å². The maximum Gasteiger partial charge on any atom is 0.280 e. The normalized spacial score (nSPS) is 30.6. The van der Waals surface area contributed by atoms with Crippen molar-refractivity contribution < 1.29 is 117 Å². The number of rotatable bonds is 18. The summed E-state index contributed by atoms with van der Waals surface area (Å²) < 4.78 is 111. The molecule has 14 atom stereocenters. The van der Waals surface area contributed by atoms with Gasteiger partial charge in [0, 0.05) is 0 Å². The summed E-state index contributed by atoms with van der Waals surface area (Å²) in [6, 6.07) is 0. The van der Waals surface area contributed by atoms with Crippen molar-refractivity contribution in [1.82, 2.24) is 39.0 Å². The van der Waals surface area contributed by atoms with Crippen LogP contribution in [0.15, 0.2) is 25.3 Å². The van der Waals surface area contributed by atoms with E-state index in [1.807, 2.05) is 0 Å². The molecule has 35 nitrogen and oxygen atoms in total. The first-order chi connectivity index (χ1) is 28.1. The number of aliphatic hydroxyl groups is 4. The number of ether oxygens (including phenoxy) is 2. The highest BCUT2D eigenvalue weighted by molar-refractivity contribution is 7.71. The fourth-order valence-corrected chi connectivity index (χ4v) is 12.8. The van der Waals surface area contributed by atoms with Gasteiger partial charge in [0.1, 0.15) is 60.3 Å². The van der Waals surface area contributed by atoms with Crippen LogP contribution in [0.1, 0.15) is 12.5 Å². The van der Waals surface area contributed by atoms with E-state index in [2.05, 4.69) is 60.5 Å². The summed E-state index contributed by atoms with van der Waals surface area (Å²) in [5.41, 5.74) is 11.4. The number of nitrogens with zero attached hydrogens (tertiary/aromatic N) is 8. The third-order valence-corrected chi connectivity index (χ3v) is 16.7. The number of imidazole rings is 2. The SMILES string of the molecule is Nc1ncnc2c1ncn2[C@@H]1O[C@H](COP(=O)([O-])OP(=O)([O-])OP(=O)([O-])OP(=O)([O-])OP(=O)([O-])OP(=O)([O-])OC[C@H]2O[C@@H](n3cnc4c(N)ncnc43)[C@H](O)[C@@H]2O)[C@@H](O)[C@H]1O. The molecular formula is C20H24N10O25P6-6. The molecule has 6 unspecified atom stereocenters. The standard InChI is InChI=1S/C20H30N10O25P6/c21-15-9-17(25-3-23-15)29(5-27-9)19-13(33)11(31)7(49-19)1-47-56(35,36)51-58(39,40)53-60(43,44)55-61(45,46)54-59(41,42)52-57(37,38)48-2-8-12(32)14(34)20(50-8)30-6-28-10-16(22)24-4-26-18(10)30/h3-8,11-14,19-20,31-34H,1-2H2,(H,35,36)(H,37,38)(H,39,40)(H,41,42)(H,43,44)(H,45,46)(H2,21,23,25)(H2,22,24,26)/p-6/t7-,8-,11-,12-,13-,14-,19-,20-/m1/s1. The highest BCUT2D eigenvalue weighted by Gasteiger charge is 2.46. The Morgan fingerprint density at radius 2 is 0.836 bits per heavy atom. The van der Waals surface area contributed by atoms with Gasteiger partial charge in [-0.05, 0) is 0 Å². The first kappa shape index (κ1) is 47.8. The molecule has 6 rings (SSSR count). The van der Waals surface area contributed by atoms with Crippen molar-refractivity contribution in [2.45, 2.75) is 49.1 Å². The molecule has 0 aromatic carbocycles. The first-order valence-electron chi connectivity index (χ1n) is 15.7. The summed E-state index contributed by atoms with van der Waals surface area (Å²) in [4.78, 5) is 95.7. The number of nitrogens with two attached hydrogens (primary N) is 2. The number of aliphatic hydroxyl groups excluding tert-OH is 4. The van der Waals surface area contributed by atoms with Crippen molar-refractivity contribution in [3.8, 4) is 0 Å². The molecule has 61 heavy (non-hydrogen) atoms. The summed E-state index contributed by atoms with van der Waals surface area (Å²) >= 11 is 0. The Morgan fingerprint density at radius 3 is 1.16 bits per heavy atom. The molecule has 4 aromatic heterocycles. The lowest BCUT2D eigenvalue weighted by molar-refractivity contribution is -0.256. The monoisotopic (exact) mass is 990 g/mol. The van der Waals surface area contributed by atoms with Crippen LogP contribution in [0.5, 0.6) is 0 Å². The van der Waals surface area contributed by atoms with Crippen molar-refractivity contribution in [3.63, 3.8) is 0 Å². The maximum atomic E-state index is 12.2. The first-order valence-corrected chi connectivity index (χ1v) is 24.5. The topological polar surface area (TPSA) is 544 Å². The molecule has 2 aliphatic rings. The molecule has 8 N–H and O–H groups in total. The van der Waals surface area contributed by atoms with Crippen molar-refractivity contribution in [2.75, 3.05) is 24.7 Å². The zero-order valence-electron chi connectivity index (χ0n) is 29.1. The largest absolute Gasteiger partial charge is 0.756 e. The summed E-state index contributed by atoms with van der Waals surface area (Å²) in [5.74, 6) is -0.171. The number of phosphoric ester groups is 2. The number of hydrogen-bond donors (Lipinski definition) is 6. The number of phosphoric acid groups is 6. The molecule has 0 aliphatic carbocycles. The second kappa shape index (κ2) is 17.4. The van der Waals surface area contributed by atoms with Crippen LogP contribution >= 0.6 is 46.9 Å². The Morgan fingerprint density at radius 1 is 0.525 bits per heavy atom. The fourth-order valence-electron chi connectivity index (χ4n) is 5.35. The molecule has 0 saturated carbocycles. The van der Waals surface area contributed by atoms with E-state index in [9.17, 15) is 77.2 Å². The van der Waals surface area contributed by atoms with Crippen molar-refractivity contribution in [3.05, 3.63) is 25.3 Å². The third-order valence-electron chi connectivity index (χ3n) is 7.79. The van der Waals surface area contributed by atoms with E-state index in [4.69, 9.17) is 20.9 Å². The lowest BCUT2D eigenvalue weighted by Gasteiger charge is -2.38. The molecule has 0 spiro atoms. The quantitative estimate of drug-likeness (QED) is 0.0505. The summed E-state index contributed by atoms with van der Waals surface area (Å²) in [7, 11) is -40.4. The van der Waals surface area contributed by atoms with Crippen LogP contribution in [0.3, 0.4) is 0 Å². The molecule has 2 fully saturated rings. The fraction of sp³-hybridized carbons (Fsp3) is 0.500. The van der Waals surface area contributed by atoms with Gasteiger partial charge in [0.05, 0.1) is 25.9 Å². The van der Waals surface area contributed by atoms with Crippen LogP contribution in [-0.4, -0.2) is 109 Å². The van der Waals surface area contributed by atoms with Gasteiger partial charge in [0.2, 0.25) is 0 Å². The molecule has 0 bridgehead atoms. The minimum absolute atomic E-state index is 0.0111. The van der Waals surface area contributed by atoms with E-state index >= 15 is 0 Å². The van der Waals surface area contributed by atoms with Crippen molar-refractivity contribution in [1.29, 1.82) is 0 Å². The van der Waals surface area contributed by atoms with Crippen molar-refractivity contribution in [2.24, 2.45) is 0 Å². The summed E-state index contributed by atoms with van der Waals surface area (Å²) in [6.45, 7) is -2.68. The number of hydrogen-bond acceptors (Lipinski definition) is 33. The van der Waals surface area contributed by atoms with Gasteiger partial charge in [-0.1, -0.05) is 0 Å². The number of anilines is 2. The van der Waals surface area contributed by atoms with Gasteiger partial charge in [0.15, 0.2) is 35.4 Å². The van der Waals surface area contributed by atoms with Crippen LogP contribution < -0.4 is 40.8 Å². The maximum absolute atomic E-state index is 12.2. The molecule has 4 aromatic rings. The number of fused-ring (bicyclic) bond motifs is 2. The van der Waals surface area contributed by atoms with Gasteiger partial charge in [-0.2, -0.15) is 0 Å². The van der Waals surface area contributed by atoms with Crippen LogP contribution in [0.4, 0.5) is 11.6 Å². The van der Waals surface area contributed by atoms with Gasteiger partial charge in [0.25, 0.3) is 46.9 Å². The summed E-state index contributed by atoms with van der Waals surface area (Å²) in [5, 5.41) is 41.6. The third kappa shape index (κ3) is 11.2. The van der Waals surface area contributed by atoms with E-state index in [-0.39, 0.29) is 34.0 Å². The molecule has 2 saturated heterocycles. The van der Waals surface area contributed by atoms with Gasteiger partial charge in [-0.25, -0.2) is 51.5 Å². The highest BCUT2D eigenvalue weighted by Crippen LogP contribution is 2.70. The molecule has 340 valence electrons. The Hall–Kier alpha value is -2.68. The molecule has 6 heterocycles. The minimum atomic E-state index is -7.04. The second-order valence-corrected chi connectivity index (χ2v) is 21.1. The summed E-state index contributed by atoms with van der Waals surface area (Å²) in [6.07, 6.45) is -10.1. The average Bonchev–Trinajstić information content (AvgIpc) is 3.86.